The number of aliphatic hydroxyl groups is 1. The molecule has 456 valence electrons. The number of carbonyl (C=O) groups is 2. The van der Waals surface area contributed by atoms with Crippen LogP contribution in [0.2, 0.25) is 0 Å². The third-order valence-electron chi connectivity index (χ3n) is 28.4. The maximum atomic E-state index is 15.4. The molecule has 14 bridgehead atoms. The molecule has 2 aromatic rings. The van der Waals surface area contributed by atoms with Gasteiger partial charge >= 0.3 is 5.97 Å². The molecule has 1 saturated heterocycles. The second-order valence-corrected chi connectivity index (χ2v) is 34.1. The van der Waals surface area contributed by atoms with Crippen molar-refractivity contribution in [2.45, 2.75) is 253 Å². The second kappa shape index (κ2) is 20.6. The van der Waals surface area contributed by atoms with Gasteiger partial charge in [-0.2, -0.15) is 0 Å². The van der Waals surface area contributed by atoms with Crippen LogP contribution in [0.1, 0.15) is 240 Å². The van der Waals surface area contributed by atoms with Crippen LogP contribution in [0.3, 0.4) is 0 Å². The van der Waals surface area contributed by atoms with Crippen LogP contribution >= 0.6 is 21.6 Å². The summed E-state index contributed by atoms with van der Waals surface area (Å²) >= 11 is 0. The fourth-order valence-corrected chi connectivity index (χ4v) is 28.6. The van der Waals surface area contributed by atoms with Gasteiger partial charge in [0.05, 0.1) is 18.1 Å². The molecule has 1 amide bonds. The largest absolute Gasteiger partial charge is 0.504 e. The second-order valence-electron chi connectivity index (χ2n) is 31.5. The smallest absolute Gasteiger partial charge is 0.303 e. The Balaban J connectivity index is 0.832. The molecule has 7 heterocycles. The molecular formula is C73H96N4O6S2. The molecule has 15 unspecified atom stereocenters. The van der Waals surface area contributed by atoms with Crippen molar-refractivity contribution in [3.8, 4) is 23.3 Å². The van der Waals surface area contributed by atoms with Gasteiger partial charge in [-0.1, -0.05) is 89.6 Å². The van der Waals surface area contributed by atoms with E-state index >= 15 is 4.79 Å². The Labute approximate surface area is 514 Å². The van der Waals surface area contributed by atoms with Crippen molar-refractivity contribution >= 4 is 39.4 Å². The highest BCUT2D eigenvalue weighted by atomic mass is 33.1. The highest BCUT2D eigenvalue weighted by Gasteiger charge is 2.71. The SMILES string of the molecule is CC(=O)OC12CCc3cc(c(O)c4c3C3C=CC5(CCCC5C3)O4)CN3CC4(CC3=O)C(c3ccccc3)CCC43C#CCC4CCC5(CCCC5(NC(N)=NC3)SSCC3CCC(CC35CCC3(CCCC3)C53CCCC3)C(CC1)C(O)C2)C4. The fourth-order valence-electron chi connectivity index (χ4n) is 24.7. The van der Waals surface area contributed by atoms with Crippen LogP contribution < -0.4 is 15.8 Å². The van der Waals surface area contributed by atoms with Crippen molar-refractivity contribution in [1.82, 2.24) is 10.2 Å². The normalized spacial score (nSPS) is 43.7. The number of ether oxygens (including phenoxy) is 2. The van der Waals surface area contributed by atoms with Gasteiger partial charge in [0.1, 0.15) is 16.1 Å². The number of phenols is 1. The van der Waals surface area contributed by atoms with Crippen molar-refractivity contribution in [1.29, 1.82) is 0 Å². The Morgan fingerprint density at radius 1 is 0.835 bits per heavy atom. The van der Waals surface area contributed by atoms with Gasteiger partial charge in [-0.15, -0.1) is 5.92 Å². The number of phenolic OH excluding ortho intramolecular Hbond substituents is 1. The molecule has 0 aromatic heterocycles. The van der Waals surface area contributed by atoms with Crippen molar-refractivity contribution in [2.75, 3.05) is 18.8 Å². The lowest BCUT2D eigenvalue weighted by molar-refractivity contribution is -0.173. The zero-order valence-corrected chi connectivity index (χ0v) is 52.6. The molecule has 10 nitrogen and oxygen atoms in total. The van der Waals surface area contributed by atoms with E-state index in [1.165, 1.54) is 108 Å². The van der Waals surface area contributed by atoms with Crippen LogP contribution in [0.15, 0.2) is 53.5 Å². The Morgan fingerprint density at radius 2 is 1.67 bits per heavy atom. The number of aryl methyl sites for hydroxylation is 1. The van der Waals surface area contributed by atoms with Crippen LogP contribution in [0.5, 0.6) is 11.5 Å². The number of nitrogens with one attached hydrogen (secondary N) is 1. The fraction of sp³-hybridized carbons (Fsp3) is 0.740. The lowest BCUT2D eigenvalue weighted by Gasteiger charge is -2.60. The number of aliphatic imine (C=N–C) groups is 1. The van der Waals surface area contributed by atoms with E-state index in [4.69, 9.17) is 20.2 Å². The van der Waals surface area contributed by atoms with Gasteiger partial charge in [0, 0.05) is 78.8 Å². The standard InChI is InChI=1S/C73H96N4O6S2/c1-48(78)82-68-33-19-51-38-54(62(81)63-61(51)52-20-35-71(83-63)27-10-15-55(71)39-52)44-77-47-70(43-60(77)80)58(50-13-3-2-4-14-50)22-32-67(70)25-9-12-49-18-31-66(40-49)26-11-30-73(66,76-64(74)75-46-67)85-84-45-56-17-16-53(57(21-34-68)59(79)42-68)41-69(56)37-36-65(23-5-6-24-65)72(69)28-7-8-29-72/h2-4,13-14,20,35,38,49,52-53,55-59,79,81H,5-8,10-12,15-19,21-24,26-34,36-37,39-47H2,1H3,(H3,74,75,76). The van der Waals surface area contributed by atoms with Gasteiger partial charge in [-0.05, 0) is 230 Å². The summed E-state index contributed by atoms with van der Waals surface area (Å²) in [7, 11) is 4.34. The van der Waals surface area contributed by atoms with E-state index in [1.54, 1.807) is 6.92 Å². The van der Waals surface area contributed by atoms with Crippen molar-refractivity contribution < 1.29 is 29.3 Å². The lowest BCUT2D eigenvalue weighted by Crippen LogP contribution is -2.56. The van der Waals surface area contributed by atoms with Crippen molar-refractivity contribution in [2.24, 2.45) is 72.8 Å². The van der Waals surface area contributed by atoms with Gasteiger partial charge in [0.2, 0.25) is 5.91 Å². The molecule has 2 aromatic carbocycles. The number of allylic oxidation sites excluding steroid dienone is 1. The molecule has 5 N–H and O–H groups in total. The van der Waals surface area contributed by atoms with Crippen molar-refractivity contribution in [3.63, 3.8) is 0 Å². The highest BCUT2D eigenvalue weighted by molar-refractivity contribution is 8.77. The minimum absolute atomic E-state index is 0.0704. The summed E-state index contributed by atoms with van der Waals surface area (Å²) in [4.78, 5) is 36.3. The number of aromatic hydroxyl groups is 1. The van der Waals surface area contributed by atoms with Crippen LogP contribution in [-0.2, 0) is 27.3 Å². The number of nitrogens with zero attached hydrogens (tertiary/aromatic N) is 2. The summed E-state index contributed by atoms with van der Waals surface area (Å²) < 4.78 is 14.0. The molecule has 7 aliphatic heterocycles. The molecule has 15 atom stereocenters. The first-order valence-corrected chi connectivity index (χ1v) is 36.9. The molecule has 0 radical (unpaired) electrons. The average molecular weight is 1190 g/mol. The highest BCUT2D eigenvalue weighted by Crippen LogP contribution is 2.80. The third kappa shape index (κ3) is 8.43. The summed E-state index contributed by atoms with van der Waals surface area (Å²) in [5.74, 6) is 12.5. The number of aliphatic hydroxyl groups excluding tert-OH is 1. The molecule has 17 aliphatic rings. The molecule has 8 spiro atoms. The molecule has 9 saturated carbocycles. The quantitative estimate of drug-likeness (QED) is 0.0992. The number of hydrogen-bond donors (Lipinski definition) is 4. The number of hydrogen-bond acceptors (Lipinski definition) is 11. The molecule has 85 heavy (non-hydrogen) atoms. The predicted octanol–water partition coefficient (Wildman–Crippen LogP) is 14.7. The maximum Gasteiger partial charge on any atom is 0.303 e. The predicted molar refractivity (Wildman–Crippen MR) is 338 cm³/mol. The number of guanidine groups is 1. The van der Waals surface area contributed by atoms with Crippen LogP contribution in [0.4, 0.5) is 0 Å². The summed E-state index contributed by atoms with van der Waals surface area (Å²) in [6.45, 7) is 2.73. The minimum atomic E-state index is -0.824. The Morgan fingerprint density at radius 3 is 2.51 bits per heavy atom. The van der Waals surface area contributed by atoms with E-state index in [1.807, 2.05) is 4.90 Å². The maximum absolute atomic E-state index is 15.4. The van der Waals surface area contributed by atoms with E-state index in [9.17, 15) is 15.0 Å². The first-order chi connectivity index (χ1) is 41.2. The summed E-state index contributed by atoms with van der Waals surface area (Å²) in [6.07, 6.45) is 38.8. The van der Waals surface area contributed by atoms with Gasteiger partial charge in [0.25, 0.3) is 0 Å². The Kier molecular flexibility index (Phi) is 13.7. The monoisotopic (exact) mass is 1190 g/mol. The van der Waals surface area contributed by atoms with Crippen LogP contribution in [0, 0.1) is 73.9 Å². The lowest BCUT2D eigenvalue weighted by atomic mass is 9.45. The molecule has 19 rings (SSSR count). The Hall–Kier alpha value is -3.79. The molecule has 10 aliphatic carbocycles. The van der Waals surface area contributed by atoms with E-state index in [2.05, 4.69) is 87.3 Å². The van der Waals surface area contributed by atoms with Gasteiger partial charge in [-0.3, -0.25) is 14.6 Å². The first kappa shape index (κ1) is 56.4. The van der Waals surface area contributed by atoms with E-state index in [0.29, 0.717) is 90.5 Å². The number of nitrogens with two attached hydrogens (primary N) is 1. The number of fused-ring (bicyclic) bond motifs is 3. The Bertz CT molecular complexity index is 3130. The zero-order chi connectivity index (χ0) is 57.7. The number of rotatable bonds is 2. The number of amides is 1. The van der Waals surface area contributed by atoms with E-state index < -0.39 is 28.1 Å². The topological polar surface area (TPSA) is 147 Å². The van der Waals surface area contributed by atoms with Crippen LogP contribution in [-0.4, -0.2) is 74.0 Å². The third-order valence-corrected chi connectivity index (χ3v) is 31.7. The van der Waals surface area contributed by atoms with Gasteiger partial charge in [-0.25, -0.2) is 0 Å². The van der Waals surface area contributed by atoms with Crippen molar-refractivity contribution in [3.05, 3.63) is 70.8 Å². The molecule has 10 fully saturated rings. The molecular weight excluding hydrogens is 1090 g/mol. The van der Waals surface area contributed by atoms with Crippen LogP contribution in [0.25, 0.3) is 0 Å². The first-order valence-electron chi connectivity index (χ1n) is 34.5. The minimum Gasteiger partial charge on any atom is -0.504 e. The van der Waals surface area contributed by atoms with E-state index in [-0.39, 0.29) is 57.6 Å². The summed E-state index contributed by atoms with van der Waals surface area (Å²) in [5.41, 5.74) is 10.3. The summed E-state index contributed by atoms with van der Waals surface area (Å²) in [6, 6.07) is 13.1. The molecule has 12 heteroatoms. The number of carbonyl (C=O) groups excluding carboxylic acids is 2. The van der Waals surface area contributed by atoms with Gasteiger partial charge < -0.3 is 35.6 Å². The number of benzene rings is 2. The van der Waals surface area contributed by atoms with E-state index in [0.717, 1.165) is 93.9 Å². The average Bonchev–Trinajstić information content (AvgIpc) is 1.57. The number of esters is 1. The summed E-state index contributed by atoms with van der Waals surface area (Å²) in [5, 5.41) is 30.1. The van der Waals surface area contributed by atoms with Gasteiger partial charge in [0.15, 0.2) is 17.5 Å². The zero-order valence-electron chi connectivity index (χ0n) is 51.0.